The molecule has 132 valence electrons. The second-order valence-corrected chi connectivity index (χ2v) is 6.35. The van der Waals surface area contributed by atoms with E-state index in [-0.39, 0.29) is 16.4 Å². The summed E-state index contributed by atoms with van der Waals surface area (Å²) in [4.78, 5) is 15.2. The lowest BCUT2D eigenvalue weighted by Crippen LogP contribution is -2.46. The highest BCUT2D eigenvalue weighted by Gasteiger charge is 2.24. The van der Waals surface area contributed by atoms with Crippen molar-refractivity contribution in [2.75, 3.05) is 36.8 Å². The molecule has 1 heterocycles. The van der Waals surface area contributed by atoms with Crippen molar-refractivity contribution in [1.82, 2.24) is 4.90 Å². The number of benzene rings is 2. The molecule has 0 radical (unpaired) electrons. The van der Waals surface area contributed by atoms with E-state index in [1.165, 1.54) is 18.2 Å². The van der Waals surface area contributed by atoms with Gasteiger partial charge in [-0.3, -0.25) is 15.0 Å². The summed E-state index contributed by atoms with van der Waals surface area (Å²) in [7, 11) is 0. The summed E-state index contributed by atoms with van der Waals surface area (Å²) in [6.07, 6.45) is 0. The second kappa shape index (κ2) is 7.06. The van der Waals surface area contributed by atoms with Crippen LogP contribution in [0.2, 0.25) is 0 Å². The summed E-state index contributed by atoms with van der Waals surface area (Å²) in [5, 5.41) is 11.4. The number of nitro groups is 1. The molecule has 1 fully saturated rings. The highest BCUT2D eigenvalue weighted by atomic mass is 19.1. The molecular weight excluding hydrogens is 323 g/mol. The normalized spacial score (nSPS) is 15.4. The third-order valence-corrected chi connectivity index (χ3v) is 4.57. The van der Waals surface area contributed by atoms with Crippen molar-refractivity contribution in [3.8, 4) is 0 Å². The molecule has 0 aliphatic carbocycles. The minimum atomic E-state index is -0.360. The molecule has 1 aliphatic heterocycles. The van der Waals surface area contributed by atoms with Crippen molar-refractivity contribution in [2.24, 2.45) is 0 Å². The van der Waals surface area contributed by atoms with E-state index in [1.807, 2.05) is 11.0 Å². The lowest BCUT2D eigenvalue weighted by molar-refractivity contribution is -0.384. The summed E-state index contributed by atoms with van der Waals surface area (Å²) in [6.45, 7) is 5.27. The second-order valence-electron chi connectivity index (χ2n) is 6.35. The number of aryl methyl sites for hydroxylation is 1. The Kier molecular flexibility index (Phi) is 4.85. The van der Waals surface area contributed by atoms with Gasteiger partial charge in [-0.1, -0.05) is 12.1 Å². The maximum Gasteiger partial charge on any atom is 0.292 e. The summed E-state index contributed by atoms with van der Waals surface area (Å²) < 4.78 is 13.3. The van der Waals surface area contributed by atoms with Crippen LogP contribution >= 0.6 is 0 Å². The number of piperazine rings is 1. The van der Waals surface area contributed by atoms with Crippen molar-refractivity contribution in [1.29, 1.82) is 0 Å². The van der Waals surface area contributed by atoms with Crippen LogP contribution in [0.15, 0.2) is 36.4 Å². The number of hydrogen-bond donors (Lipinski definition) is 1. The quantitative estimate of drug-likeness (QED) is 0.524. The highest BCUT2D eigenvalue weighted by Crippen LogP contribution is 2.33. The van der Waals surface area contributed by atoms with E-state index in [0.717, 1.165) is 18.7 Å². The predicted molar refractivity (Wildman–Crippen MR) is 96.1 cm³/mol. The Balaban J connectivity index is 1.70. The Morgan fingerprint density at radius 2 is 1.92 bits per heavy atom. The maximum atomic E-state index is 13.3. The molecular formula is C18H21FN4O2. The fourth-order valence-electron chi connectivity index (χ4n) is 3.14. The fourth-order valence-corrected chi connectivity index (χ4v) is 3.14. The van der Waals surface area contributed by atoms with Crippen LogP contribution in [0.1, 0.15) is 11.1 Å². The van der Waals surface area contributed by atoms with Crippen LogP contribution in [0.5, 0.6) is 0 Å². The van der Waals surface area contributed by atoms with Crippen LogP contribution in [0.3, 0.4) is 0 Å². The number of nitrogens with two attached hydrogens (primary N) is 1. The average Bonchev–Trinajstić information content (AvgIpc) is 2.57. The Bertz CT molecular complexity index is 789. The van der Waals surface area contributed by atoms with E-state index in [1.54, 1.807) is 19.1 Å². The molecule has 25 heavy (non-hydrogen) atoms. The van der Waals surface area contributed by atoms with Gasteiger partial charge in [0.2, 0.25) is 0 Å². The molecule has 1 aliphatic rings. The number of rotatable bonds is 4. The third-order valence-electron chi connectivity index (χ3n) is 4.57. The molecule has 7 heteroatoms. The molecule has 0 bridgehead atoms. The van der Waals surface area contributed by atoms with Crippen LogP contribution in [0.4, 0.5) is 21.5 Å². The van der Waals surface area contributed by atoms with Crippen molar-refractivity contribution in [3.05, 3.63) is 63.5 Å². The Morgan fingerprint density at radius 1 is 1.20 bits per heavy atom. The van der Waals surface area contributed by atoms with E-state index in [2.05, 4.69) is 4.90 Å². The van der Waals surface area contributed by atoms with Crippen molar-refractivity contribution < 1.29 is 9.31 Å². The lowest BCUT2D eigenvalue weighted by atomic mass is 10.1. The number of nitro benzene ring substituents is 1. The van der Waals surface area contributed by atoms with Gasteiger partial charge in [0.25, 0.3) is 5.69 Å². The van der Waals surface area contributed by atoms with Gasteiger partial charge in [-0.15, -0.1) is 0 Å². The largest absolute Gasteiger partial charge is 0.398 e. The van der Waals surface area contributed by atoms with Gasteiger partial charge in [0.1, 0.15) is 11.5 Å². The van der Waals surface area contributed by atoms with Gasteiger partial charge in [-0.2, -0.15) is 0 Å². The van der Waals surface area contributed by atoms with Gasteiger partial charge in [0, 0.05) is 44.5 Å². The van der Waals surface area contributed by atoms with Crippen molar-refractivity contribution in [3.63, 3.8) is 0 Å². The smallest absolute Gasteiger partial charge is 0.292 e. The third kappa shape index (κ3) is 3.88. The molecule has 3 rings (SSSR count). The topological polar surface area (TPSA) is 75.6 Å². The SMILES string of the molecule is Cc1cc([N+](=O)[O-])c(N2CCN(Cc3cccc(F)c3)CC2)cc1N. The summed E-state index contributed by atoms with van der Waals surface area (Å²) in [5.41, 5.74) is 8.80. The van der Waals surface area contributed by atoms with Crippen molar-refractivity contribution in [2.45, 2.75) is 13.5 Å². The number of anilines is 2. The molecule has 0 atom stereocenters. The number of hydrogen-bond acceptors (Lipinski definition) is 5. The summed E-state index contributed by atoms with van der Waals surface area (Å²) in [6, 6.07) is 9.81. The van der Waals surface area contributed by atoms with E-state index >= 15 is 0 Å². The van der Waals surface area contributed by atoms with Crippen LogP contribution in [0, 0.1) is 22.9 Å². The number of nitrogens with zero attached hydrogens (tertiary/aromatic N) is 3. The molecule has 1 saturated heterocycles. The van der Waals surface area contributed by atoms with Gasteiger partial charge in [0.15, 0.2) is 0 Å². The minimum Gasteiger partial charge on any atom is -0.398 e. The van der Waals surface area contributed by atoms with Gasteiger partial charge < -0.3 is 10.6 Å². The summed E-state index contributed by atoms with van der Waals surface area (Å²) >= 11 is 0. The standard InChI is InChI=1S/C18H21FN4O2/c1-13-9-18(23(24)25)17(11-16(13)20)22-7-5-21(6-8-22)12-14-3-2-4-15(19)10-14/h2-4,9-11H,5-8,12,20H2,1H3. The van der Waals surface area contributed by atoms with E-state index in [0.29, 0.717) is 36.6 Å². The Hall–Kier alpha value is -2.67. The lowest BCUT2D eigenvalue weighted by Gasteiger charge is -2.36. The van der Waals surface area contributed by atoms with Crippen LogP contribution in [-0.4, -0.2) is 36.0 Å². The van der Waals surface area contributed by atoms with Gasteiger partial charge >= 0.3 is 0 Å². The molecule has 2 aromatic rings. The molecule has 6 nitrogen and oxygen atoms in total. The zero-order valence-electron chi connectivity index (χ0n) is 14.1. The van der Waals surface area contributed by atoms with Crippen LogP contribution in [-0.2, 0) is 6.54 Å². The fraction of sp³-hybridized carbons (Fsp3) is 0.333. The van der Waals surface area contributed by atoms with E-state index < -0.39 is 0 Å². The van der Waals surface area contributed by atoms with E-state index in [9.17, 15) is 14.5 Å². The molecule has 0 spiro atoms. The van der Waals surface area contributed by atoms with Crippen LogP contribution < -0.4 is 10.6 Å². The van der Waals surface area contributed by atoms with Gasteiger partial charge in [0.05, 0.1) is 4.92 Å². The van der Waals surface area contributed by atoms with E-state index in [4.69, 9.17) is 5.73 Å². The van der Waals surface area contributed by atoms with Crippen LogP contribution in [0.25, 0.3) is 0 Å². The molecule has 0 amide bonds. The van der Waals surface area contributed by atoms with Gasteiger partial charge in [-0.05, 0) is 36.2 Å². The number of halogens is 1. The highest BCUT2D eigenvalue weighted by molar-refractivity contribution is 5.71. The molecule has 0 saturated carbocycles. The predicted octanol–water partition coefficient (Wildman–Crippen LogP) is 2.95. The molecule has 2 aromatic carbocycles. The number of nitrogen functional groups attached to an aromatic ring is 1. The first-order chi connectivity index (χ1) is 11.9. The molecule has 0 unspecified atom stereocenters. The molecule has 0 aromatic heterocycles. The average molecular weight is 344 g/mol. The zero-order chi connectivity index (χ0) is 18.0. The first-order valence-corrected chi connectivity index (χ1v) is 8.20. The molecule has 2 N–H and O–H groups in total. The Labute approximate surface area is 145 Å². The Morgan fingerprint density at radius 3 is 2.56 bits per heavy atom. The maximum absolute atomic E-state index is 13.3. The first-order valence-electron chi connectivity index (χ1n) is 8.20. The summed E-state index contributed by atoms with van der Waals surface area (Å²) in [5.74, 6) is -0.234. The van der Waals surface area contributed by atoms with Crippen molar-refractivity contribution >= 4 is 17.1 Å². The monoisotopic (exact) mass is 344 g/mol. The first kappa shape index (κ1) is 17.2. The van der Waals surface area contributed by atoms with Gasteiger partial charge in [-0.25, -0.2) is 4.39 Å². The minimum absolute atomic E-state index is 0.0882. The zero-order valence-corrected chi connectivity index (χ0v) is 14.1.